The molecule has 2 saturated heterocycles. The summed E-state index contributed by atoms with van der Waals surface area (Å²) in [6.45, 7) is 1.96. The van der Waals surface area contributed by atoms with Crippen LogP contribution in [0.25, 0.3) is 0 Å². The van der Waals surface area contributed by atoms with Crippen molar-refractivity contribution in [2.24, 2.45) is 0 Å². The first-order valence-corrected chi connectivity index (χ1v) is 17.9. The third-order valence-corrected chi connectivity index (χ3v) is 12.0. The molecule has 2 aliphatic rings. The third kappa shape index (κ3) is 6.56. The summed E-state index contributed by atoms with van der Waals surface area (Å²) in [6, 6.07) is 30.3. The van der Waals surface area contributed by atoms with E-state index in [4.69, 9.17) is 28.2 Å². The Labute approximate surface area is 269 Å². The quantitative estimate of drug-likeness (QED) is 0.245. The molecule has 0 aromatic heterocycles. The van der Waals surface area contributed by atoms with Gasteiger partial charge in [0.2, 0.25) is 10.0 Å². The summed E-state index contributed by atoms with van der Waals surface area (Å²) < 4.78 is 82.8. The van der Waals surface area contributed by atoms with E-state index in [9.17, 15) is 8.42 Å². The molecule has 0 saturated carbocycles. The molecule has 4 aromatic carbocycles. The van der Waals surface area contributed by atoms with Crippen LogP contribution in [0.4, 0.5) is 0 Å². The van der Waals surface area contributed by atoms with Gasteiger partial charge in [-0.15, -0.1) is 0 Å². The van der Waals surface area contributed by atoms with Crippen molar-refractivity contribution < 1.29 is 41.2 Å². The molecule has 7 atom stereocenters. The maximum absolute atomic E-state index is 15.5. The number of aryl methyl sites for hydroxylation is 1. The molecule has 12 heteroatoms. The molecule has 242 valence electrons. The largest absolute Gasteiger partial charge is 0.496 e. The lowest BCUT2D eigenvalue weighted by Gasteiger charge is -2.49. The summed E-state index contributed by atoms with van der Waals surface area (Å²) in [7, 11) is -5.26. The number of para-hydroxylation sites is 1. The number of methoxy groups -OCH3 is 2. The van der Waals surface area contributed by atoms with Crippen LogP contribution in [0, 0.1) is 6.92 Å². The number of ether oxygens (including phenoxy) is 5. The molecule has 0 aliphatic carbocycles. The number of sulfonamides is 1. The van der Waals surface area contributed by atoms with Gasteiger partial charge < -0.3 is 28.2 Å². The minimum atomic E-state index is -4.14. The Kier molecular flexibility index (Phi) is 9.75. The highest BCUT2D eigenvalue weighted by molar-refractivity contribution is 7.89. The second kappa shape index (κ2) is 13.8. The van der Waals surface area contributed by atoms with Crippen molar-refractivity contribution >= 4 is 28.0 Å². The van der Waals surface area contributed by atoms with Gasteiger partial charge in [-0.1, -0.05) is 78.4 Å². The van der Waals surface area contributed by atoms with Crippen LogP contribution in [0.15, 0.2) is 114 Å². The summed E-state index contributed by atoms with van der Waals surface area (Å²) >= 11 is 0. The fraction of sp³-hybridized carbons (Fsp3) is 0.294. The molecule has 6 rings (SSSR count). The molecule has 0 spiro atoms. The first-order valence-electron chi connectivity index (χ1n) is 14.8. The van der Waals surface area contributed by atoms with E-state index in [1.807, 2.05) is 43.3 Å². The zero-order chi connectivity index (χ0) is 32.3. The Balaban J connectivity index is 1.48. The van der Waals surface area contributed by atoms with Crippen LogP contribution in [-0.2, 0) is 38.1 Å². The number of rotatable bonds is 10. The van der Waals surface area contributed by atoms with E-state index in [2.05, 4.69) is 4.72 Å². The van der Waals surface area contributed by atoms with Gasteiger partial charge in [0.05, 0.1) is 23.9 Å². The van der Waals surface area contributed by atoms with E-state index < -0.39 is 54.3 Å². The van der Waals surface area contributed by atoms with Gasteiger partial charge in [-0.2, -0.15) is 0 Å². The molecule has 0 bridgehead atoms. The lowest BCUT2D eigenvalue weighted by molar-refractivity contribution is -0.337. The number of nitrogens with one attached hydrogen (secondary N) is 1. The van der Waals surface area contributed by atoms with Gasteiger partial charge in [-0.3, -0.25) is 4.57 Å². The van der Waals surface area contributed by atoms with E-state index >= 15 is 4.57 Å². The van der Waals surface area contributed by atoms with Gasteiger partial charge in [0.15, 0.2) is 12.6 Å². The molecule has 46 heavy (non-hydrogen) atoms. The van der Waals surface area contributed by atoms with Crippen LogP contribution in [0.5, 0.6) is 5.75 Å². The van der Waals surface area contributed by atoms with Crippen molar-refractivity contribution in [1.29, 1.82) is 0 Å². The maximum Gasteiger partial charge on any atom is 0.265 e. The first-order chi connectivity index (χ1) is 22.2. The summed E-state index contributed by atoms with van der Waals surface area (Å²) in [5, 5.41) is 0.704. The average molecular weight is 666 g/mol. The van der Waals surface area contributed by atoms with Crippen molar-refractivity contribution in [1.82, 2.24) is 4.72 Å². The van der Waals surface area contributed by atoms with Crippen molar-refractivity contribution in [2.45, 2.75) is 48.8 Å². The first kappa shape index (κ1) is 32.6. The van der Waals surface area contributed by atoms with Crippen LogP contribution >= 0.6 is 7.37 Å². The number of fused-ring (bicyclic) bond motifs is 1. The highest BCUT2D eigenvalue weighted by Gasteiger charge is 2.54. The second-order valence-electron chi connectivity index (χ2n) is 11.0. The number of hydrogen-bond acceptors (Lipinski definition) is 9. The molecule has 2 fully saturated rings. The molecule has 2 aliphatic heterocycles. The Bertz CT molecular complexity index is 1770. The fourth-order valence-corrected chi connectivity index (χ4v) is 9.34. The minimum absolute atomic E-state index is 0.0415. The Morgan fingerprint density at radius 1 is 0.826 bits per heavy atom. The van der Waals surface area contributed by atoms with E-state index in [1.165, 1.54) is 26.4 Å². The molecule has 2 heterocycles. The zero-order valence-corrected chi connectivity index (χ0v) is 27.3. The summed E-state index contributed by atoms with van der Waals surface area (Å²) in [4.78, 5) is 0.0415. The highest BCUT2D eigenvalue weighted by Crippen LogP contribution is 2.51. The third-order valence-electron chi connectivity index (χ3n) is 8.03. The SMILES string of the molecule is COc1ccccc1P(=O)(O[C@@H]1[C@@H](NS(=O)(=O)c2ccc(C)cc2)[C@@H](OC)O[C@@H]2COC(c3ccccc3)O[C@@H]12)c1ccccc1. The minimum Gasteiger partial charge on any atom is -0.496 e. The van der Waals surface area contributed by atoms with Crippen LogP contribution in [-0.4, -0.2) is 59.9 Å². The summed E-state index contributed by atoms with van der Waals surface area (Å²) in [5.74, 6) is 0.355. The molecular weight excluding hydrogens is 629 g/mol. The smallest absolute Gasteiger partial charge is 0.265 e. The average Bonchev–Trinajstić information content (AvgIpc) is 3.09. The Morgan fingerprint density at radius 3 is 2.15 bits per heavy atom. The van der Waals surface area contributed by atoms with Gasteiger partial charge in [0, 0.05) is 18.0 Å². The highest BCUT2D eigenvalue weighted by atomic mass is 32.2. The van der Waals surface area contributed by atoms with Crippen molar-refractivity contribution in [3.8, 4) is 5.75 Å². The van der Waals surface area contributed by atoms with Crippen molar-refractivity contribution in [3.63, 3.8) is 0 Å². The molecular formula is C34H36NO9PS. The second-order valence-corrected chi connectivity index (χ2v) is 15.1. The Hall–Kier alpha value is -3.38. The van der Waals surface area contributed by atoms with E-state index in [0.717, 1.165) is 11.1 Å². The molecule has 1 N–H and O–H groups in total. The fourth-order valence-electron chi connectivity index (χ4n) is 5.69. The van der Waals surface area contributed by atoms with Gasteiger partial charge in [-0.05, 0) is 43.3 Å². The number of hydrogen-bond donors (Lipinski definition) is 1. The summed E-state index contributed by atoms with van der Waals surface area (Å²) in [6.07, 6.45) is -4.81. The lowest BCUT2D eigenvalue weighted by atomic mass is 9.96. The standard InChI is InChI=1S/C34H36NO9PS/c1-23-18-20-26(21-19-23)46(37,38)35-30-32(31-28(42-34(30)40-3)22-41-33(43-31)24-12-6-4-7-13-24)44-45(36,25-14-8-5-9-15-25)29-17-11-10-16-27(29)39-2/h4-21,28,30-35H,22H2,1-3H3/t28-,30-,31-,32-,33?,34+,45?/m1/s1. The monoisotopic (exact) mass is 665 g/mol. The zero-order valence-electron chi connectivity index (χ0n) is 25.6. The van der Waals surface area contributed by atoms with Gasteiger partial charge in [-0.25, -0.2) is 13.1 Å². The lowest BCUT2D eigenvalue weighted by Crippen LogP contribution is -2.67. The van der Waals surface area contributed by atoms with E-state index in [-0.39, 0.29) is 11.5 Å². The Morgan fingerprint density at radius 2 is 1.48 bits per heavy atom. The van der Waals surface area contributed by atoms with Crippen LogP contribution in [0.2, 0.25) is 0 Å². The predicted molar refractivity (Wildman–Crippen MR) is 172 cm³/mol. The van der Waals surface area contributed by atoms with Gasteiger partial charge in [0.1, 0.15) is 30.1 Å². The predicted octanol–water partition coefficient (Wildman–Crippen LogP) is 4.45. The topological polar surface area (TPSA) is 119 Å². The normalized spacial score (nSPS) is 26.1. The van der Waals surface area contributed by atoms with Gasteiger partial charge in [0.25, 0.3) is 7.37 Å². The molecule has 4 aromatic rings. The van der Waals surface area contributed by atoms with E-state index in [1.54, 1.807) is 60.7 Å². The molecule has 0 amide bonds. The number of benzene rings is 4. The molecule has 0 radical (unpaired) electrons. The van der Waals surface area contributed by atoms with Crippen LogP contribution < -0.4 is 20.1 Å². The van der Waals surface area contributed by atoms with Gasteiger partial charge >= 0.3 is 0 Å². The maximum atomic E-state index is 15.5. The van der Waals surface area contributed by atoms with Crippen LogP contribution in [0.1, 0.15) is 17.4 Å². The van der Waals surface area contributed by atoms with E-state index in [0.29, 0.717) is 16.4 Å². The molecule has 10 nitrogen and oxygen atoms in total. The summed E-state index contributed by atoms with van der Waals surface area (Å²) in [5.41, 5.74) is 1.66. The van der Waals surface area contributed by atoms with Crippen molar-refractivity contribution in [3.05, 3.63) is 120 Å². The van der Waals surface area contributed by atoms with Crippen molar-refractivity contribution in [2.75, 3.05) is 20.8 Å². The van der Waals surface area contributed by atoms with Crippen LogP contribution in [0.3, 0.4) is 0 Å². The molecule has 2 unspecified atom stereocenters.